The Kier molecular flexibility index (Phi) is 7.27. The molecule has 0 heterocycles. The Balaban J connectivity index is 1.34. The summed E-state index contributed by atoms with van der Waals surface area (Å²) in [7, 11) is 0. The van der Waals surface area contributed by atoms with Crippen LogP contribution in [-0.4, -0.2) is 28.6 Å². The largest absolute Gasteiger partial charge is 0.460 e. The van der Waals surface area contributed by atoms with Crippen molar-refractivity contribution in [3.05, 3.63) is 48.0 Å². The summed E-state index contributed by atoms with van der Waals surface area (Å²) in [6.45, 7) is 16.8. The third-order valence-corrected chi connectivity index (χ3v) is 14.7. The minimum Gasteiger partial charge on any atom is -0.460 e. The Morgan fingerprint density at radius 2 is 1.69 bits per heavy atom. The summed E-state index contributed by atoms with van der Waals surface area (Å²) in [6.07, 6.45) is 10.1. The van der Waals surface area contributed by atoms with Crippen LogP contribution in [0.4, 0.5) is 0 Å². The Morgan fingerprint density at radius 3 is 2.36 bits per heavy atom. The zero-order valence-electron chi connectivity index (χ0n) is 26.6. The summed E-state index contributed by atoms with van der Waals surface area (Å²) in [4.78, 5) is 14.2. The van der Waals surface area contributed by atoms with E-state index in [-0.39, 0.29) is 34.7 Å². The fraction of sp³-hybridized carbons (Fsp3) is 0.730. The van der Waals surface area contributed by atoms with Crippen LogP contribution in [0, 0.1) is 56.7 Å². The highest BCUT2D eigenvalue weighted by Crippen LogP contribution is 2.77. The van der Waals surface area contributed by atoms with Gasteiger partial charge in [0.2, 0.25) is 0 Å². The van der Waals surface area contributed by atoms with E-state index >= 15 is 0 Å². The van der Waals surface area contributed by atoms with Gasteiger partial charge in [-0.3, -0.25) is 4.79 Å². The van der Waals surface area contributed by atoms with Crippen LogP contribution in [0.2, 0.25) is 0 Å². The summed E-state index contributed by atoms with van der Waals surface area (Å²) < 4.78 is 6.16. The molecule has 5 heteroatoms. The molecule has 0 amide bonds. The predicted molar refractivity (Wildman–Crippen MR) is 166 cm³/mol. The van der Waals surface area contributed by atoms with E-state index in [0.29, 0.717) is 30.3 Å². The smallest absolute Gasteiger partial charge is 0.312 e. The first-order chi connectivity index (χ1) is 19.9. The van der Waals surface area contributed by atoms with Gasteiger partial charge in [0.05, 0.1) is 17.7 Å². The summed E-state index contributed by atoms with van der Waals surface area (Å²) >= 11 is 0. The molecule has 5 nitrogen and oxygen atoms in total. The summed E-state index contributed by atoms with van der Waals surface area (Å²) in [6, 6.07) is 10.1. The average Bonchev–Trinajstić information content (AvgIpc) is 3.38. The molecule has 0 aromatic heterocycles. The van der Waals surface area contributed by atoms with Crippen LogP contribution in [0.5, 0.6) is 0 Å². The van der Waals surface area contributed by atoms with Gasteiger partial charge in [-0.15, -0.1) is 0 Å². The lowest BCUT2D eigenvalue weighted by molar-refractivity contribution is -0.233. The Bertz CT molecular complexity index is 1260. The van der Waals surface area contributed by atoms with Crippen LogP contribution < -0.4 is 0 Å². The van der Waals surface area contributed by atoms with E-state index in [0.717, 1.165) is 75.5 Å². The number of carbonyl (C=O) groups excluding carboxylic acids is 1. The third kappa shape index (κ3) is 3.90. The maximum absolute atomic E-state index is 14.2. The highest BCUT2D eigenvalue weighted by Gasteiger charge is 2.72. The number of ether oxygens (including phenoxy) is 1. The number of carbonyl (C=O) groups is 1. The van der Waals surface area contributed by atoms with Crippen molar-refractivity contribution in [2.45, 2.75) is 105 Å². The van der Waals surface area contributed by atoms with Crippen molar-refractivity contribution < 1.29 is 19.8 Å². The third-order valence-electron chi connectivity index (χ3n) is 14.7. The maximum Gasteiger partial charge on any atom is 0.312 e. The molecule has 42 heavy (non-hydrogen) atoms. The standard InChI is InChI=1S/C37H53NO4/c1-24(2)26-14-19-37(32(40)42-22-25-10-8-7-9-11-25)21-20-35(5)27(31(26)37)12-13-29-33(3)17-16-30(38-41)34(4,23-39)28(33)15-18-36(29,35)6/h7-11,26-29,31,39,41H,1,12-23H2,2-6H3/b38-30+/t26-,27+,28+,29+,31+,33-,34-,35+,36+,37-/m0/s1. The van der Waals surface area contributed by atoms with Gasteiger partial charge in [0.1, 0.15) is 6.61 Å². The zero-order valence-corrected chi connectivity index (χ0v) is 26.6. The zero-order chi connectivity index (χ0) is 30.1. The number of rotatable bonds is 5. The van der Waals surface area contributed by atoms with Crippen molar-refractivity contribution in [2.75, 3.05) is 6.61 Å². The van der Waals surface area contributed by atoms with Crippen molar-refractivity contribution in [2.24, 2.45) is 61.8 Å². The van der Waals surface area contributed by atoms with Gasteiger partial charge in [-0.25, -0.2) is 0 Å². The van der Waals surface area contributed by atoms with E-state index in [1.165, 1.54) is 5.57 Å². The number of hydrogen-bond acceptors (Lipinski definition) is 5. The monoisotopic (exact) mass is 575 g/mol. The van der Waals surface area contributed by atoms with Gasteiger partial charge in [0.15, 0.2) is 0 Å². The van der Waals surface area contributed by atoms with Crippen LogP contribution in [0.1, 0.15) is 104 Å². The SMILES string of the molecule is C=C(C)[C@@H]1CC[C@]2(C(=O)OCc3ccccc3)CC[C@]3(C)[C@H](CC[C@@H]4[C@@]5(C)CC/C(=N\O)[C@@](C)(CO)[C@@H]5CC[C@]43C)[C@@H]12. The molecule has 0 bridgehead atoms. The molecule has 0 unspecified atom stereocenters. The van der Waals surface area contributed by atoms with Gasteiger partial charge in [-0.05, 0) is 123 Å². The molecule has 6 rings (SSSR count). The molecule has 0 aliphatic heterocycles. The van der Waals surface area contributed by atoms with Gasteiger partial charge in [-0.2, -0.15) is 0 Å². The van der Waals surface area contributed by atoms with Crippen molar-refractivity contribution in [1.82, 2.24) is 0 Å². The Morgan fingerprint density at radius 1 is 0.952 bits per heavy atom. The first kappa shape index (κ1) is 29.9. The normalized spacial score (nSPS) is 47.1. The lowest BCUT2D eigenvalue weighted by atomic mass is 9.32. The molecule has 10 atom stereocenters. The molecule has 5 aliphatic rings. The number of aliphatic hydroxyl groups excluding tert-OH is 1. The number of allylic oxidation sites excluding steroid dienone is 1. The van der Waals surface area contributed by atoms with Crippen LogP contribution in [0.3, 0.4) is 0 Å². The van der Waals surface area contributed by atoms with E-state index in [1.807, 2.05) is 30.3 Å². The number of hydrogen-bond donors (Lipinski definition) is 2. The van der Waals surface area contributed by atoms with E-state index in [2.05, 4.69) is 46.4 Å². The maximum atomic E-state index is 14.2. The van der Waals surface area contributed by atoms with Gasteiger partial charge in [0, 0.05) is 5.41 Å². The molecule has 5 aliphatic carbocycles. The second-order valence-electron chi connectivity index (χ2n) is 16.0. The average molecular weight is 576 g/mol. The van der Waals surface area contributed by atoms with Crippen molar-refractivity contribution in [1.29, 1.82) is 0 Å². The number of esters is 1. The number of aliphatic hydroxyl groups is 1. The summed E-state index contributed by atoms with van der Waals surface area (Å²) in [5.74, 6) is 1.97. The fourth-order valence-electron chi connectivity index (χ4n) is 12.4. The second kappa shape index (κ2) is 10.2. The lowest BCUT2D eigenvalue weighted by Gasteiger charge is -2.72. The Hall–Kier alpha value is -2.14. The molecule has 2 N–H and O–H groups in total. The van der Waals surface area contributed by atoms with E-state index in [1.54, 1.807) is 0 Å². The second-order valence-corrected chi connectivity index (χ2v) is 16.0. The minimum atomic E-state index is -0.471. The van der Waals surface area contributed by atoms with Crippen LogP contribution in [-0.2, 0) is 16.1 Å². The predicted octanol–water partition coefficient (Wildman–Crippen LogP) is 8.19. The van der Waals surface area contributed by atoms with Crippen molar-refractivity contribution in [3.63, 3.8) is 0 Å². The van der Waals surface area contributed by atoms with Crippen molar-refractivity contribution in [3.8, 4) is 0 Å². The number of benzene rings is 1. The molecule has 230 valence electrons. The van der Waals surface area contributed by atoms with Crippen LogP contribution in [0.25, 0.3) is 0 Å². The number of nitrogens with zero attached hydrogens (tertiary/aromatic N) is 1. The fourth-order valence-corrected chi connectivity index (χ4v) is 12.4. The molecule has 1 aromatic rings. The molecule has 1 aromatic carbocycles. The molecular formula is C37H53NO4. The first-order valence-corrected chi connectivity index (χ1v) is 16.6. The highest BCUT2D eigenvalue weighted by molar-refractivity contribution is 5.91. The molecule has 5 fully saturated rings. The van der Waals surface area contributed by atoms with E-state index < -0.39 is 10.8 Å². The van der Waals surface area contributed by atoms with Gasteiger partial charge in [-0.1, -0.05) is 75.3 Å². The first-order valence-electron chi connectivity index (χ1n) is 16.6. The summed E-state index contributed by atoms with van der Waals surface area (Å²) in [5, 5.41) is 24.2. The molecule has 5 saturated carbocycles. The molecule has 0 spiro atoms. The lowest BCUT2D eigenvalue weighted by Crippen LogP contribution is -2.67. The van der Waals surface area contributed by atoms with Crippen LogP contribution in [0.15, 0.2) is 47.6 Å². The van der Waals surface area contributed by atoms with Gasteiger partial charge < -0.3 is 15.1 Å². The molecular weight excluding hydrogens is 522 g/mol. The highest BCUT2D eigenvalue weighted by atomic mass is 16.5. The quantitative estimate of drug-likeness (QED) is 0.161. The number of fused-ring (bicyclic) bond motifs is 7. The number of oxime groups is 1. The molecule has 0 radical (unpaired) electrons. The van der Waals surface area contributed by atoms with Crippen molar-refractivity contribution >= 4 is 11.7 Å². The van der Waals surface area contributed by atoms with Gasteiger partial charge in [0.25, 0.3) is 0 Å². The minimum absolute atomic E-state index is 0.0203. The van der Waals surface area contributed by atoms with Crippen LogP contribution >= 0.6 is 0 Å². The topological polar surface area (TPSA) is 79.1 Å². The van der Waals surface area contributed by atoms with E-state index in [4.69, 9.17) is 4.74 Å². The molecule has 0 saturated heterocycles. The Labute approximate surface area is 253 Å². The van der Waals surface area contributed by atoms with E-state index in [9.17, 15) is 15.1 Å². The van der Waals surface area contributed by atoms with Gasteiger partial charge >= 0.3 is 5.97 Å². The summed E-state index contributed by atoms with van der Waals surface area (Å²) in [5.41, 5.74) is 2.52.